The van der Waals surface area contributed by atoms with Crippen molar-refractivity contribution >= 4 is 23.3 Å². The average Bonchev–Trinajstić information content (AvgIpc) is 2.94. The van der Waals surface area contributed by atoms with Crippen LogP contribution in [-0.4, -0.2) is 16.8 Å². The minimum absolute atomic E-state index is 0.0623. The standard InChI is InChI=1S/C15H15NO2S/c17-15(8-7-13-3-1-9-18-13)16(12-5-6-12)11-14-4-2-10-19-14/h1-4,7-10,12H,5-6,11H2/b8-7+. The number of furan rings is 1. The van der Waals surface area contributed by atoms with Crippen LogP contribution in [0, 0.1) is 0 Å². The highest BCUT2D eigenvalue weighted by Crippen LogP contribution is 2.29. The Morgan fingerprint density at radius 2 is 2.32 bits per heavy atom. The first-order valence-electron chi connectivity index (χ1n) is 6.37. The zero-order valence-corrected chi connectivity index (χ0v) is 11.3. The topological polar surface area (TPSA) is 33.5 Å². The molecule has 0 bridgehead atoms. The number of nitrogens with zero attached hydrogens (tertiary/aromatic N) is 1. The molecule has 19 heavy (non-hydrogen) atoms. The van der Waals surface area contributed by atoms with Crippen LogP contribution < -0.4 is 0 Å². The largest absolute Gasteiger partial charge is 0.465 e. The molecule has 2 heterocycles. The highest BCUT2D eigenvalue weighted by Gasteiger charge is 2.31. The molecule has 0 aromatic carbocycles. The van der Waals surface area contributed by atoms with Crippen molar-refractivity contribution in [2.24, 2.45) is 0 Å². The Kier molecular flexibility index (Phi) is 3.51. The lowest BCUT2D eigenvalue weighted by atomic mass is 10.3. The van der Waals surface area contributed by atoms with Gasteiger partial charge in [0.15, 0.2) is 0 Å². The molecule has 3 nitrogen and oxygen atoms in total. The molecule has 0 aliphatic heterocycles. The minimum atomic E-state index is 0.0623. The van der Waals surface area contributed by atoms with Crippen molar-refractivity contribution in [1.29, 1.82) is 0 Å². The van der Waals surface area contributed by atoms with E-state index < -0.39 is 0 Å². The molecule has 1 saturated carbocycles. The molecule has 2 aromatic rings. The first-order valence-corrected chi connectivity index (χ1v) is 7.25. The lowest BCUT2D eigenvalue weighted by molar-refractivity contribution is -0.127. The summed E-state index contributed by atoms with van der Waals surface area (Å²) < 4.78 is 5.19. The molecular formula is C15H15NO2S. The fraction of sp³-hybridized carbons (Fsp3) is 0.267. The van der Waals surface area contributed by atoms with E-state index in [2.05, 4.69) is 6.07 Å². The number of thiophene rings is 1. The van der Waals surface area contributed by atoms with Gasteiger partial charge in [-0.05, 0) is 42.5 Å². The second-order valence-corrected chi connectivity index (χ2v) is 5.66. The van der Waals surface area contributed by atoms with Crippen LogP contribution in [0.2, 0.25) is 0 Å². The number of hydrogen-bond donors (Lipinski definition) is 0. The van der Waals surface area contributed by atoms with Crippen molar-refractivity contribution in [3.8, 4) is 0 Å². The van der Waals surface area contributed by atoms with Crippen LogP contribution in [0.3, 0.4) is 0 Å². The lowest BCUT2D eigenvalue weighted by Crippen LogP contribution is -2.30. The van der Waals surface area contributed by atoms with E-state index in [1.807, 2.05) is 28.5 Å². The van der Waals surface area contributed by atoms with Crippen molar-refractivity contribution in [3.05, 3.63) is 52.6 Å². The molecule has 0 unspecified atom stereocenters. The number of hydrogen-bond acceptors (Lipinski definition) is 3. The molecule has 0 N–H and O–H groups in total. The second kappa shape index (κ2) is 5.45. The van der Waals surface area contributed by atoms with E-state index in [4.69, 9.17) is 4.42 Å². The highest BCUT2D eigenvalue weighted by atomic mass is 32.1. The van der Waals surface area contributed by atoms with Crippen LogP contribution in [0.1, 0.15) is 23.5 Å². The maximum atomic E-state index is 12.2. The summed E-state index contributed by atoms with van der Waals surface area (Å²) in [6.45, 7) is 0.712. The molecule has 98 valence electrons. The highest BCUT2D eigenvalue weighted by molar-refractivity contribution is 7.09. The molecular weight excluding hydrogens is 258 g/mol. The summed E-state index contributed by atoms with van der Waals surface area (Å²) >= 11 is 1.69. The van der Waals surface area contributed by atoms with Gasteiger partial charge < -0.3 is 9.32 Å². The number of carbonyl (C=O) groups is 1. The van der Waals surface area contributed by atoms with Crippen LogP contribution in [0.25, 0.3) is 6.08 Å². The van der Waals surface area contributed by atoms with Crippen molar-refractivity contribution in [2.75, 3.05) is 0 Å². The predicted octanol–water partition coefficient (Wildman–Crippen LogP) is 3.55. The average molecular weight is 273 g/mol. The Morgan fingerprint density at radius 1 is 1.42 bits per heavy atom. The second-order valence-electron chi connectivity index (χ2n) is 4.63. The van der Waals surface area contributed by atoms with Gasteiger partial charge in [-0.25, -0.2) is 0 Å². The van der Waals surface area contributed by atoms with E-state index in [-0.39, 0.29) is 5.91 Å². The van der Waals surface area contributed by atoms with Crippen LogP contribution in [-0.2, 0) is 11.3 Å². The third kappa shape index (κ3) is 3.15. The molecule has 0 saturated heterocycles. The first kappa shape index (κ1) is 12.2. The number of carbonyl (C=O) groups excluding carboxylic acids is 1. The summed E-state index contributed by atoms with van der Waals surface area (Å²) in [5.74, 6) is 0.771. The van der Waals surface area contributed by atoms with Gasteiger partial charge in [0.25, 0.3) is 0 Å². The molecule has 0 radical (unpaired) electrons. The van der Waals surface area contributed by atoms with E-state index in [0.29, 0.717) is 18.3 Å². The molecule has 3 rings (SSSR count). The molecule has 2 aromatic heterocycles. The molecule has 1 fully saturated rings. The fourth-order valence-electron chi connectivity index (χ4n) is 1.98. The monoisotopic (exact) mass is 273 g/mol. The summed E-state index contributed by atoms with van der Waals surface area (Å²) in [6.07, 6.45) is 7.17. The van der Waals surface area contributed by atoms with Crippen LogP contribution in [0.15, 0.2) is 46.4 Å². The van der Waals surface area contributed by atoms with Gasteiger partial charge in [-0.1, -0.05) is 6.07 Å². The molecule has 4 heteroatoms. The predicted molar refractivity (Wildman–Crippen MR) is 75.6 cm³/mol. The number of amides is 1. The lowest BCUT2D eigenvalue weighted by Gasteiger charge is -2.19. The molecule has 0 spiro atoms. The van der Waals surface area contributed by atoms with Gasteiger partial charge in [0.2, 0.25) is 5.91 Å². The SMILES string of the molecule is O=C(/C=C/c1ccco1)N(Cc1cccs1)C1CC1. The Balaban J connectivity index is 1.68. The van der Waals surface area contributed by atoms with Gasteiger partial charge >= 0.3 is 0 Å². The third-order valence-corrected chi connectivity index (χ3v) is 3.97. The molecule has 1 aliphatic carbocycles. The fourth-order valence-corrected chi connectivity index (χ4v) is 2.68. The van der Waals surface area contributed by atoms with E-state index in [9.17, 15) is 4.79 Å². The minimum Gasteiger partial charge on any atom is -0.465 e. The van der Waals surface area contributed by atoms with Gasteiger partial charge in [-0.3, -0.25) is 4.79 Å². The van der Waals surface area contributed by atoms with E-state index >= 15 is 0 Å². The Labute approximate surface area is 116 Å². The van der Waals surface area contributed by atoms with Crippen molar-refractivity contribution < 1.29 is 9.21 Å². The summed E-state index contributed by atoms with van der Waals surface area (Å²) in [5.41, 5.74) is 0. The van der Waals surface area contributed by atoms with Gasteiger partial charge in [-0.15, -0.1) is 11.3 Å². The Morgan fingerprint density at radius 3 is 2.95 bits per heavy atom. The van der Waals surface area contributed by atoms with E-state index in [1.54, 1.807) is 29.8 Å². The van der Waals surface area contributed by atoms with Gasteiger partial charge in [-0.2, -0.15) is 0 Å². The quantitative estimate of drug-likeness (QED) is 0.781. The van der Waals surface area contributed by atoms with Gasteiger partial charge in [0, 0.05) is 17.0 Å². The summed E-state index contributed by atoms with van der Waals surface area (Å²) in [5, 5.41) is 2.05. The van der Waals surface area contributed by atoms with E-state index in [1.165, 1.54) is 4.88 Å². The summed E-state index contributed by atoms with van der Waals surface area (Å²) in [6, 6.07) is 8.16. The maximum Gasteiger partial charge on any atom is 0.247 e. The van der Waals surface area contributed by atoms with Crippen LogP contribution >= 0.6 is 11.3 Å². The number of rotatable bonds is 5. The van der Waals surface area contributed by atoms with Crippen molar-refractivity contribution in [2.45, 2.75) is 25.4 Å². The Bertz CT molecular complexity index is 553. The van der Waals surface area contributed by atoms with Gasteiger partial charge in [0.1, 0.15) is 5.76 Å². The molecule has 1 aliphatic rings. The summed E-state index contributed by atoms with van der Waals surface area (Å²) in [7, 11) is 0. The van der Waals surface area contributed by atoms with E-state index in [0.717, 1.165) is 12.8 Å². The maximum absolute atomic E-state index is 12.2. The smallest absolute Gasteiger partial charge is 0.247 e. The zero-order chi connectivity index (χ0) is 13.1. The normalized spacial score (nSPS) is 14.9. The zero-order valence-electron chi connectivity index (χ0n) is 10.5. The molecule has 1 amide bonds. The first-order chi connectivity index (χ1) is 9.33. The Hall–Kier alpha value is -1.81. The summed E-state index contributed by atoms with van der Waals surface area (Å²) in [4.78, 5) is 15.4. The van der Waals surface area contributed by atoms with Gasteiger partial charge in [0.05, 0.1) is 12.8 Å². The van der Waals surface area contributed by atoms with Crippen molar-refractivity contribution in [3.63, 3.8) is 0 Å². The third-order valence-electron chi connectivity index (χ3n) is 3.11. The van der Waals surface area contributed by atoms with Crippen LogP contribution in [0.4, 0.5) is 0 Å². The van der Waals surface area contributed by atoms with Crippen LogP contribution in [0.5, 0.6) is 0 Å². The molecule has 0 atom stereocenters. The van der Waals surface area contributed by atoms with Crippen molar-refractivity contribution in [1.82, 2.24) is 4.90 Å².